The Bertz CT molecular complexity index is 1110. The standard InChI is InChI=1S/C21H23N7O2/c1-13(2)19(21-22-16-6-4-5-7-17(16)23-21)24-18(29)12-30-15-10-8-14(9-11-15)20-25-27-28(3)26-20/h4-11,13,19H,12H2,1-3H3,(H,22,23)(H,24,29). The summed E-state index contributed by atoms with van der Waals surface area (Å²) in [6, 6.07) is 14.8. The summed E-state index contributed by atoms with van der Waals surface area (Å²) in [7, 11) is 1.71. The fraction of sp³-hybridized carbons (Fsp3) is 0.286. The van der Waals surface area contributed by atoms with E-state index >= 15 is 0 Å². The van der Waals surface area contributed by atoms with Crippen molar-refractivity contribution in [2.45, 2.75) is 19.9 Å². The molecule has 0 radical (unpaired) electrons. The Kier molecular flexibility index (Phi) is 5.42. The number of imidazole rings is 1. The molecule has 2 heterocycles. The van der Waals surface area contributed by atoms with Crippen LogP contribution < -0.4 is 10.1 Å². The first kappa shape index (κ1) is 19.6. The number of aromatic amines is 1. The summed E-state index contributed by atoms with van der Waals surface area (Å²) in [4.78, 5) is 21.8. The minimum atomic E-state index is -0.237. The highest BCUT2D eigenvalue weighted by molar-refractivity contribution is 5.78. The fourth-order valence-corrected chi connectivity index (χ4v) is 3.13. The van der Waals surface area contributed by atoms with Crippen LogP contribution in [0, 0.1) is 5.92 Å². The number of hydrogen-bond acceptors (Lipinski definition) is 6. The molecule has 0 saturated heterocycles. The number of aryl methyl sites for hydroxylation is 1. The van der Waals surface area contributed by atoms with Crippen molar-refractivity contribution in [3.05, 3.63) is 54.4 Å². The maximum absolute atomic E-state index is 12.5. The Labute approximate surface area is 173 Å². The van der Waals surface area contributed by atoms with Gasteiger partial charge in [-0.2, -0.15) is 4.80 Å². The van der Waals surface area contributed by atoms with Crippen LogP contribution in [0.15, 0.2) is 48.5 Å². The average molecular weight is 405 g/mol. The largest absolute Gasteiger partial charge is 0.484 e. The number of aromatic nitrogens is 6. The van der Waals surface area contributed by atoms with Crippen molar-refractivity contribution in [1.82, 2.24) is 35.5 Å². The molecule has 1 unspecified atom stereocenters. The molecule has 154 valence electrons. The minimum Gasteiger partial charge on any atom is -0.484 e. The number of amides is 1. The molecule has 9 heteroatoms. The number of tetrazole rings is 1. The van der Waals surface area contributed by atoms with E-state index in [9.17, 15) is 4.79 Å². The van der Waals surface area contributed by atoms with Crippen molar-refractivity contribution in [2.24, 2.45) is 13.0 Å². The normalized spacial score (nSPS) is 12.3. The van der Waals surface area contributed by atoms with Crippen molar-refractivity contribution in [3.63, 3.8) is 0 Å². The molecule has 0 fully saturated rings. The zero-order valence-corrected chi connectivity index (χ0v) is 17.0. The molecule has 9 nitrogen and oxygen atoms in total. The summed E-state index contributed by atoms with van der Waals surface area (Å²) < 4.78 is 5.63. The number of H-pyrrole nitrogens is 1. The van der Waals surface area contributed by atoms with Crippen LogP contribution in [0.3, 0.4) is 0 Å². The van der Waals surface area contributed by atoms with E-state index in [4.69, 9.17) is 4.74 Å². The molecular weight excluding hydrogens is 382 g/mol. The van der Waals surface area contributed by atoms with Gasteiger partial charge in [-0.05, 0) is 47.5 Å². The summed E-state index contributed by atoms with van der Waals surface area (Å²) in [5.41, 5.74) is 2.65. The highest BCUT2D eigenvalue weighted by Crippen LogP contribution is 2.22. The summed E-state index contributed by atoms with van der Waals surface area (Å²) in [6.45, 7) is 3.99. The number of hydrogen-bond donors (Lipinski definition) is 2. The number of ether oxygens (including phenoxy) is 1. The van der Waals surface area contributed by atoms with Crippen LogP contribution in [-0.2, 0) is 11.8 Å². The second-order valence-corrected chi connectivity index (χ2v) is 7.34. The topological polar surface area (TPSA) is 111 Å². The van der Waals surface area contributed by atoms with Gasteiger partial charge in [0.25, 0.3) is 5.91 Å². The van der Waals surface area contributed by atoms with Crippen LogP contribution in [-0.4, -0.2) is 42.7 Å². The molecule has 1 atom stereocenters. The number of carbonyl (C=O) groups is 1. The van der Waals surface area contributed by atoms with E-state index in [-0.39, 0.29) is 24.5 Å². The highest BCUT2D eigenvalue weighted by Gasteiger charge is 2.22. The van der Waals surface area contributed by atoms with E-state index in [2.05, 4.69) is 30.7 Å². The molecule has 4 rings (SSSR count). The van der Waals surface area contributed by atoms with Crippen LogP contribution >= 0.6 is 0 Å². The molecule has 2 aromatic heterocycles. The lowest BCUT2D eigenvalue weighted by atomic mass is 10.0. The van der Waals surface area contributed by atoms with E-state index < -0.39 is 0 Å². The van der Waals surface area contributed by atoms with Gasteiger partial charge in [-0.25, -0.2) is 4.98 Å². The molecule has 0 saturated carbocycles. The lowest BCUT2D eigenvalue weighted by Gasteiger charge is -2.20. The number of carbonyl (C=O) groups excluding carboxylic acids is 1. The number of benzene rings is 2. The van der Waals surface area contributed by atoms with Gasteiger partial charge in [0.05, 0.1) is 24.1 Å². The second-order valence-electron chi connectivity index (χ2n) is 7.34. The van der Waals surface area contributed by atoms with Crippen LogP contribution in [0.5, 0.6) is 5.75 Å². The maximum atomic E-state index is 12.5. The number of para-hydroxylation sites is 2. The molecule has 2 N–H and O–H groups in total. The summed E-state index contributed by atoms with van der Waals surface area (Å²) >= 11 is 0. The third kappa shape index (κ3) is 4.29. The van der Waals surface area contributed by atoms with Crippen LogP contribution in [0.2, 0.25) is 0 Å². The SMILES string of the molecule is CC(C)C(NC(=O)COc1ccc(-c2nnn(C)n2)cc1)c1nc2ccccc2[nH]1. The van der Waals surface area contributed by atoms with Gasteiger partial charge in [0, 0.05) is 5.56 Å². The molecule has 30 heavy (non-hydrogen) atoms. The van der Waals surface area contributed by atoms with Gasteiger partial charge in [0.1, 0.15) is 11.6 Å². The third-order valence-electron chi connectivity index (χ3n) is 4.68. The Balaban J connectivity index is 1.38. The predicted octanol–water partition coefficient (Wildman–Crippen LogP) is 2.65. The van der Waals surface area contributed by atoms with Crippen molar-refractivity contribution in [3.8, 4) is 17.1 Å². The van der Waals surface area contributed by atoms with Crippen molar-refractivity contribution < 1.29 is 9.53 Å². The Morgan fingerprint density at radius 2 is 1.93 bits per heavy atom. The van der Waals surface area contributed by atoms with Crippen molar-refractivity contribution in [2.75, 3.05) is 6.61 Å². The van der Waals surface area contributed by atoms with Gasteiger partial charge in [-0.3, -0.25) is 4.79 Å². The van der Waals surface area contributed by atoms with Gasteiger partial charge in [0.2, 0.25) is 5.82 Å². The molecule has 4 aromatic rings. The Morgan fingerprint density at radius 1 is 1.17 bits per heavy atom. The van der Waals surface area contributed by atoms with Gasteiger partial charge < -0.3 is 15.0 Å². The molecular formula is C21H23N7O2. The highest BCUT2D eigenvalue weighted by atomic mass is 16.5. The fourth-order valence-electron chi connectivity index (χ4n) is 3.13. The van der Waals surface area contributed by atoms with Gasteiger partial charge in [-0.15, -0.1) is 10.2 Å². The molecule has 2 aromatic carbocycles. The minimum absolute atomic E-state index is 0.0911. The maximum Gasteiger partial charge on any atom is 0.258 e. The zero-order chi connectivity index (χ0) is 21.1. The van der Waals surface area contributed by atoms with E-state index in [1.54, 1.807) is 19.2 Å². The third-order valence-corrected chi connectivity index (χ3v) is 4.68. The summed E-state index contributed by atoms with van der Waals surface area (Å²) in [6.07, 6.45) is 0. The molecule has 0 bridgehead atoms. The van der Waals surface area contributed by atoms with Crippen LogP contribution in [0.25, 0.3) is 22.4 Å². The molecule has 1 amide bonds. The van der Waals surface area contributed by atoms with Gasteiger partial charge >= 0.3 is 0 Å². The second kappa shape index (κ2) is 8.32. The van der Waals surface area contributed by atoms with E-state index in [1.807, 2.05) is 50.2 Å². The number of fused-ring (bicyclic) bond motifs is 1. The molecule has 0 spiro atoms. The average Bonchev–Trinajstić information content (AvgIpc) is 3.36. The predicted molar refractivity (Wildman–Crippen MR) is 112 cm³/mol. The molecule has 0 aliphatic carbocycles. The van der Waals surface area contributed by atoms with Gasteiger partial charge in [0.15, 0.2) is 6.61 Å². The summed E-state index contributed by atoms with van der Waals surface area (Å²) in [5, 5.41) is 15.0. The van der Waals surface area contributed by atoms with Crippen LogP contribution in [0.1, 0.15) is 25.7 Å². The van der Waals surface area contributed by atoms with E-state index in [1.165, 1.54) is 4.80 Å². The number of nitrogens with one attached hydrogen (secondary N) is 2. The van der Waals surface area contributed by atoms with Crippen LogP contribution in [0.4, 0.5) is 0 Å². The van der Waals surface area contributed by atoms with E-state index in [0.29, 0.717) is 11.6 Å². The first-order valence-electron chi connectivity index (χ1n) is 9.71. The van der Waals surface area contributed by atoms with E-state index in [0.717, 1.165) is 22.4 Å². The quantitative estimate of drug-likeness (QED) is 0.489. The first-order chi connectivity index (χ1) is 14.5. The Morgan fingerprint density at radius 3 is 2.60 bits per heavy atom. The monoisotopic (exact) mass is 405 g/mol. The first-order valence-corrected chi connectivity index (χ1v) is 9.71. The number of rotatable bonds is 7. The number of nitrogens with zero attached hydrogens (tertiary/aromatic N) is 5. The zero-order valence-electron chi connectivity index (χ0n) is 17.0. The molecule has 0 aliphatic heterocycles. The molecule has 0 aliphatic rings. The summed E-state index contributed by atoms with van der Waals surface area (Å²) in [5.74, 6) is 1.80. The van der Waals surface area contributed by atoms with Crippen molar-refractivity contribution in [1.29, 1.82) is 0 Å². The lowest BCUT2D eigenvalue weighted by molar-refractivity contribution is -0.124. The lowest BCUT2D eigenvalue weighted by Crippen LogP contribution is -2.35. The van der Waals surface area contributed by atoms with Crippen molar-refractivity contribution >= 4 is 16.9 Å². The van der Waals surface area contributed by atoms with Gasteiger partial charge in [-0.1, -0.05) is 26.0 Å². The smallest absolute Gasteiger partial charge is 0.258 e. The Hall–Kier alpha value is -3.75.